The number of unbranched alkanes of at least 4 members (excludes halogenated alkanes) is 10. The summed E-state index contributed by atoms with van der Waals surface area (Å²) in [6, 6.07) is 7.75. The van der Waals surface area contributed by atoms with Gasteiger partial charge in [-0.15, -0.1) is 0 Å². The van der Waals surface area contributed by atoms with E-state index in [2.05, 4.69) is 18.3 Å². The smallest absolute Gasteiger partial charge is 0.438 e. The van der Waals surface area contributed by atoms with E-state index in [4.69, 9.17) is 9.05 Å². The monoisotopic (exact) mass is 483 g/mol. The Labute approximate surface area is 212 Å². The van der Waals surface area contributed by atoms with Crippen LogP contribution in [0.2, 0.25) is 0 Å². The Morgan fingerprint density at radius 3 is 1.61 bits per heavy atom. The van der Waals surface area contributed by atoms with Gasteiger partial charge in [-0.3, -0.25) is 4.57 Å². The van der Waals surface area contributed by atoms with Gasteiger partial charge in [0.15, 0.2) is 0 Å². The van der Waals surface area contributed by atoms with Crippen LogP contribution >= 0.6 is 7.75 Å². The summed E-state index contributed by atoms with van der Waals surface area (Å²) in [5, 5.41) is 0. The first-order valence-corrected chi connectivity index (χ1v) is 14.3. The molecule has 1 aromatic carbocycles. The molecule has 0 heterocycles. The summed E-state index contributed by atoms with van der Waals surface area (Å²) >= 11 is 0. The summed E-state index contributed by atoms with van der Waals surface area (Å²) in [6.07, 6.45) is 12.5. The summed E-state index contributed by atoms with van der Waals surface area (Å²) < 4.78 is 52.6. The summed E-state index contributed by atoms with van der Waals surface area (Å²) in [7, 11) is -8.21. The number of rotatable bonds is 19. The van der Waals surface area contributed by atoms with E-state index < -0.39 is 17.8 Å². The van der Waals surface area contributed by atoms with Crippen LogP contribution in [0.4, 0.5) is 0 Å². The van der Waals surface area contributed by atoms with E-state index in [-0.39, 0.29) is 47.7 Å². The minimum atomic E-state index is -4.12. The molecule has 0 bridgehead atoms. The van der Waals surface area contributed by atoms with Crippen LogP contribution in [-0.2, 0) is 23.6 Å². The van der Waals surface area contributed by atoms with Crippen LogP contribution in [0.1, 0.15) is 90.9 Å². The molecule has 1 rings (SSSR count). The quantitative estimate of drug-likeness (QED) is 0.163. The molecule has 174 valence electrons. The van der Waals surface area contributed by atoms with Gasteiger partial charge < -0.3 is 13.5 Å². The van der Waals surface area contributed by atoms with E-state index in [0.29, 0.717) is 12.8 Å². The molecule has 0 saturated carbocycles. The molecule has 0 atom stereocenters. The van der Waals surface area contributed by atoms with Gasteiger partial charge in [-0.05, 0) is 25.0 Å². The van der Waals surface area contributed by atoms with Crippen molar-refractivity contribution in [2.24, 2.45) is 0 Å². The second-order valence-corrected chi connectivity index (χ2v) is 11.1. The first-order chi connectivity index (χ1) is 14.4. The summed E-state index contributed by atoms with van der Waals surface area (Å²) in [6.45, 7) is 4.67. The van der Waals surface area contributed by atoms with Gasteiger partial charge in [0, 0.05) is 4.90 Å². The first kappa shape index (κ1) is 31.3. The van der Waals surface area contributed by atoms with E-state index >= 15 is 0 Å². The number of hydrogen-bond donors (Lipinski definition) is 0. The van der Waals surface area contributed by atoms with Crippen LogP contribution in [0, 0.1) is 0 Å². The number of benzene rings is 1. The van der Waals surface area contributed by atoms with Crippen LogP contribution in [0.3, 0.4) is 0 Å². The number of hydrogen-bond acceptors (Lipinski definition) is 5. The maximum atomic E-state index is 13.1. The number of nitrogens with zero attached hydrogens (tertiary/aromatic N) is 1. The molecule has 0 radical (unpaired) electrons. The van der Waals surface area contributed by atoms with Crippen molar-refractivity contribution >= 4 is 17.8 Å². The Hall–Kier alpha value is 0.280. The summed E-state index contributed by atoms with van der Waals surface area (Å²) in [5.74, 6) is 0. The van der Waals surface area contributed by atoms with Crippen molar-refractivity contribution in [1.82, 2.24) is 0 Å². The zero-order valence-electron chi connectivity index (χ0n) is 19.6. The molecule has 6 nitrogen and oxygen atoms in total. The Morgan fingerprint density at radius 1 is 0.742 bits per heavy atom. The Kier molecular flexibility index (Phi) is 18.8. The summed E-state index contributed by atoms with van der Waals surface area (Å²) in [5.41, 5.74) is 0. The number of sulfonamides is 1. The maximum Gasteiger partial charge on any atom is 1.00 e. The van der Waals surface area contributed by atoms with E-state index in [0.717, 1.165) is 38.5 Å². The normalized spacial score (nSPS) is 11.9. The fraction of sp³-hybridized carbons (Fsp3) is 0.727. The molecule has 0 saturated heterocycles. The van der Waals surface area contributed by atoms with Gasteiger partial charge >= 0.3 is 29.6 Å². The van der Waals surface area contributed by atoms with Gasteiger partial charge in [-0.2, -0.15) is 0 Å². The molecule has 0 aliphatic rings. The molecule has 0 N–H and O–H groups in total. The fourth-order valence-electron chi connectivity index (χ4n) is 2.98. The van der Waals surface area contributed by atoms with E-state index in [1.165, 1.54) is 37.8 Å². The van der Waals surface area contributed by atoms with Crippen molar-refractivity contribution in [2.75, 3.05) is 13.2 Å². The predicted octanol–water partition coefficient (Wildman–Crippen LogP) is 4.62. The van der Waals surface area contributed by atoms with Crippen molar-refractivity contribution in [3.05, 3.63) is 34.8 Å². The molecule has 0 aromatic heterocycles. The average Bonchev–Trinajstić information content (AvgIpc) is 2.73. The third-order valence-electron chi connectivity index (χ3n) is 4.75. The molecule has 0 aliphatic heterocycles. The first-order valence-electron chi connectivity index (χ1n) is 11.4. The third kappa shape index (κ3) is 14.9. The van der Waals surface area contributed by atoms with Crippen molar-refractivity contribution < 1.29 is 51.6 Å². The van der Waals surface area contributed by atoms with Crippen LogP contribution in [0.25, 0.3) is 4.49 Å². The molecule has 0 aliphatic carbocycles. The Morgan fingerprint density at radius 2 is 1.16 bits per heavy atom. The molecular weight excluding hydrogens is 444 g/mol. The van der Waals surface area contributed by atoms with Crippen LogP contribution in [-0.4, -0.2) is 21.6 Å². The van der Waals surface area contributed by atoms with E-state index in [9.17, 15) is 13.0 Å². The van der Waals surface area contributed by atoms with Crippen molar-refractivity contribution in [3.8, 4) is 0 Å². The van der Waals surface area contributed by atoms with Crippen LogP contribution < -0.4 is 29.6 Å². The average molecular weight is 484 g/mol. The van der Waals surface area contributed by atoms with Gasteiger partial charge in [0.05, 0.1) is 13.2 Å². The van der Waals surface area contributed by atoms with Gasteiger partial charge in [0.1, 0.15) is 10.0 Å². The van der Waals surface area contributed by atoms with E-state index in [1.807, 2.05) is 0 Å². The predicted molar refractivity (Wildman–Crippen MR) is 123 cm³/mol. The third-order valence-corrected chi connectivity index (χ3v) is 8.30. The maximum absolute atomic E-state index is 13.1. The van der Waals surface area contributed by atoms with Crippen molar-refractivity contribution in [2.45, 2.75) is 95.8 Å². The van der Waals surface area contributed by atoms with Crippen molar-refractivity contribution in [3.63, 3.8) is 0 Å². The van der Waals surface area contributed by atoms with Gasteiger partial charge in [-0.25, -0.2) is 8.42 Å². The Balaban J connectivity index is 0.00000900. The fourth-order valence-corrected chi connectivity index (χ4v) is 6.08. The topological polar surface area (TPSA) is 83.8 Å². The van der Waals surface area contributed by atoms with Gasteiger partial charge in [-0.1, -0.05) is 96.3 Å². The minimum absolute atomic E-state index is 0. The second-order valence-electron chi connectivity index (χ2n) is 7.54. The van der Waals surface area contributed by atoms with Crippen molar-refractivity contribution in [1.29, 1.82) is 0 Å². The molecule has 0 spiro atoms. The van der Waals surface area contributed by atoms with Crippen LogP contribution in [0.15, 0.2) is 35.2 Å². The molecule has 1 aromatic rings. The molecule has 0 unspecified atom stereocenters. The van der Waals surface area contributed by atoms with Gasteiger partial charge in [0.25, 0.3) is 7.75 Å². The molecule has 0 amide bonds. The largest absolute Gasteiger partial charge is 1.00 e. The SMILES string of the molecule is CCCCCCCCOP(=O)([N-]S(=O)(=O)c1ccccc1)OCCCCCCCC.[Na+]. The zero-order valence-corrected chi connectivity index (χ0v) is 23.3. The summed E-state index contributed by atoms with van der Waals surface area (Å²) in [4.78, 5) is -0.0171. The van der Waals surface area contributed by atoms with Gasteiger partial charge in [0.2, 0.25) is 0 Å². The standard InChI is InChI=1S/C22H39NO5PS.Na/c1-3-5-7-9-11-16-20-27-29(24,28-21-17-12-10-8-6-4-2)23-30(25,26)22-18-14-13-15-19-22;/h13-15,18-19H,3-12,16-17,20-21H2,1-2H3;/q-1;+1. The molecule has 9 heteroatoms. The van der Waals surface area contributed by atoms with E-state index in [1.54, 1.807) is 18.2 Å². The van der Waals surface area contributed by atoms with Crippen LogP contribution in [0.5, 0.6) is 0 Å². The Bertz CT molecular complexity index is 681. The molecule has 0 fully saturated rings. The second kappa shape index (κ2) is 18.7. The minimum Gasteiger partial charge on any atom is -0.438 e. The zero-order chi connectivity index (χ0) is 22.1. The molecular formula is C22H39NNaO5PS. The molecule has 31 heavy (non-hydrogen) atoms.